The van der Waals surface area contributed by atoms with E-state index >= 15 is 0 Å². The normalized spacial score (nSPS) is 11.1. The highest BCUT2D eigenvalue weighted by atomic mass is 32.1. The molecule has 0 saturated carbocycles. The van der Waals surface area contributed by atoms with Gasteiger partial charge in [0, 0.05) is 23.2 Å². The maximum absolute atomic E-state index is 5.85. The SMILES string of the molecule is Cc1cc(N)cn2c(Cc3cccs3)nnc12. The molecule has 0 saturated heterocycles. The molecule has 3 aromatic rings. The standard InChI is InChI=1S/C12H12N4S/c1-8-5-9(13)7-16-11(14-15-12(8)16)6-10-3-2-4-17-10/h2-5,7H,6,13H2,1H3. The summed E-state index contributed by atoms with van der Waals surface area (Å²) in [6, 6.07) is 6.06. The minimum Gasteiger partial charge on any atom is -0.398 e. The van der Waals surface area contributed by atoms with Crippen LogP contribution in [0, 0.1) is 6.92 Å². The van der Waals surface area contributed by atoms with Crippen LogP contribution in [0.3, 0.4) is 0 Å². The summed E-state index contributed by atoms with van der Waals surface area (Å²) in [7, 11) is 0. The maximum Gasteiger partial charge on any atom is 0.163 e. The van der Waals surface area contributed by atoms with Crippen molar-refractivity contribution in [2.45, 2.75) is 13.3 Å². The fourth-order valence-electron chi connectivity index (χ4n) is 1.92. The second-order valence-corrected chi connectivity index (χ2v) is 5.05. The first-order valence-corrected chi connectivity index (χ1v) is 6.24. The Morgan fingerprint density at radius 3 is 3.06 bits per heavy atom. The van der Waals surface area contributed by atoms with Crippen molar-refractivity contribution in [3.63, 3.8) is 0 Å². The van der Waals surface area contributed by atoms with E-state index in [0.717, 1.165) is 29.1 Å². The van der Waals surface area contributed by atoms with Crippen LogP contribution in [0.15, 0.2) is 29.8 Å². The smallest absolute Gasteiger partial charge is 0.163 e. The summed E-state index contributed by atoms with van der Waals surface area (Å²) in [6.07, 6.45) is 2.67. The predicted octanol–water partition coefficient (Wildman–Crippen LogP) is 2.27. The molecule has 3 heterocycles. The van der Waals surface area contributed by atoms with Gasteiger partial charge in [-0.05, 0) is 30.0 Å². The molecule has 0 bridgehead atoms. The Hall–Kier alpha value is -1.88. The lowest BCUT2D eigenvalue weighted by Gasteiger charge is -2.02. The van der Waals surface area contributed by atoms with E-state index in [1.165, 1.54) is 4.88 Å². The second kappa shape index (κ2) is 3.85. The van der Waals surface area contributed by atoms with E-state index in [4.69, 9.17) is 5.73 Å². The zero-order valence-corrected chi connectivity index (χ0v) is 10.2. The molecule has 0 spiro atoms. The first kappa shape index (κ1) is 10.3. The molecule has 0 fully saturated rings. The summed E-state index contributed by atoms with van der Waals surface area (Å²) in [5.41, 5.74) is 8.52. The molecule has 0 radical (unpaired) electrons. The van der Waals surface area contributed by atoms with Crippen molar-refractivity contribution >= 4 is 22.7 Å². The van der Waals surface area contributed by atoms with Gasteiger partial charge in [0.15, 0.2) is 5.65 Å². The van der Waals surface area contributed by atoms with Crippen molar-refractivity contribution in [3.8, 4) is 0 Å². The van der Waals surface area contributed by atoms with Gasteiger partial charge in [-0.15, -0.1) is 21.5 Å². The van der Waals surface area contributed by atoms with Crippen molar-refractivity contribution < 1.29 is 0 Å². The number of aryl methyl sites for hydroxylation is 1. The summed E-state index contributed by atoms with van der Waals surface area (Å²) in [6.45, 7) is 2.00. The largest absolute Gasteiger partial charge is 0.398 e. The quantitative estimate of drug-likeness (QED) is 0.752. The molecule has 0 aromatic carbocycles. The Morgan fingerprint density at radius 2 is 2.29 bits per heavy atom. The molecule has 0 aliphatic carbocycles. The third-order valence-electron chi connectivity index (χ3n) is 2.69. The number of rotatable bonds is 2. The third-order valence-corrected chi connectivity index (χ3v) is 3.57. The number of hydrogen-bond donors (Lipinski definition) is 1. The van der Waals surface area contributed by atoms with Crippen molar-refractivity contribution in [1.29, 1.82) is 0 Å². The van der Waals surface area contributed by atoms with Crippen LogP contribution in [0.25, 0.3) is 5.65 Å². The van der Waals surface area contributed by atoms with E-state index in [2.05, 4.69) is 21.6 Å². The number of pyridine rings is 1. The highest BCUT2D eigenvalue weighted by Gasteiger charge is 2.09. The Kier molecular flexibility index (Phi) is 2.33. The van der Waals surface area contributed by atoms with Crippen molar-refractivity contribution in [1.82, 2.24) is 14.6 Å². The first-order chi connectivity index (χ1) is 8.24. The number of thiophene rings is 1. The van der Waals surface area contributed by atoms with Gasteiger partial charge in [0.1, 0.15) is 5.82 Å². The Bertz CT molecular complexity index is 655. The second-order valence-electron chi connectivity index (χ2n) is 4.02. The maximum atomic E-state index is 5.85. The number of hydrogen-bond acceptors (Lipinski definition) is 4. The highest BCUT2D eigenvalue weighted by molar-refractivity contribution is 7.09. The zero-order valence-electron chi connectivity index (χ0n) is 9.42. The van der Waals surface area contributed by atoms with Gasteiger partial charge in [-0.1, -0.05) is 6.07 Å². The van der Waals surface area contributed by atoms with Crippen molar-refractivity contribution in [3.05, 3.63) is 46.0 Å². The van der Waals surface area contributed by atoms with Crippen molar-refractivity contribution in [2.75, 3.05) is 5.73 Å². The van der Waals surface area contributed by atoms with Gasteiger partial charge in [-0.25, -0.2) is 0 Å². The van der Waals surface area contributed by atoms with Gasteiger partial charge in [0.2, 0.25) is 0 Å². The molecular weight excluding hydrogens is 232 g/mol. The van der Waals surface area contributed by atoms with E-state index in [0.29, 0.717) is 0 Å². The minimum atomic E-state index is 0.738. The number of fused-ring (bicyclic) bond motifs is 1. The van der Waals surface area contributed by atoms with Crippen LogP contribution in [0.4, 0.5) is 5.69 Å². The van der Waals surface area contributed by atoms with E-state index in [1.54, 1.807) is 11.3 Å². The fraction of sp³-hybridized carbons (Fsp3) is 0.167. The number of nitrogens with zero attached hydrogens (tertiary/aromatic N) is 3. The van der Waals surface area contributed by atoms with Crippen LogP contribution < -0.4 is 5.73 Å². The molecule has 3 rings (SSSR count). The lowest BCUT2D eigenvalue weighted by molar-refractivity contribution is 0.945. The van der Waals surface area contributed by atoms with Crippen molar-refractivity contribution in [2.24, 2.45) is 0 Å². The molecule has 0 aliphatic heterocycles. The topological polar surface area (TPSA) is 56.2 Å². The van der Waals surface area contributed by atoms with Gasteiger partial charge < -0.3 is 5.73 Å². The number of nitrogen functional groups attached to an aromatic ring is 1. The molecule has 4 nitrogen and oxygen atoms in total. The van der Waals surface area contributed by atoms with Gasteiger partial charge in [-0.3, -0.25) is 4.40 Å². The zero-order chi connectivity index (χ0) is 11.8. The van der Waals surface area contributed by atoms with E-state index in [1.807, 2.05) is 29.7 Å². The van der Waals surface area contributed by atoms with Crippen LogP contribution in [-0.2, 0) is 6.42 Å². The Balaban J connectivity index is 2.11. The van der Waals surface area contributed by atoms with E-state index in [9.17, 15) is 0 Å². The lowest BCUT2D eigenvalue weighted by atomic mass is 10.2. The molecule has 0 unspecified atom stereocenters. The summed E-state index contributed by atoms with van der Waals surface area (Å²) in [5, 5.41) is 10.5. The van der Waals surface area contributed by atoms with Crippen LogP contribution in [0.1, 0.15) is 16.3 Å². The molecule has 2 N–H and O–H groups in total. The Morgan fingerprint density at radius 1 is 1.41 bits per heavy atom. The molecular formula is C12H12N4S. The molecule has 0 aliphatic rings. The fourth-order valence-corrected chi connectivity index (χ4v) is 2.62. The monoisotopic (exact) mass is 244 g/mol. The summed E-state index contributed by atoms with van der Waals surface area (Å²) in [5.74, 6) is 0.929. The highest BCUT2D eigenvalue weighted by Crippen LogP contribution is 2.17. The number of aromatic nitrogens is 3. The first-order valence-electron chi connectivity index (χ1n) is 5.36. The molecule has 3 aromatic heterocycles. The summed E-state index contributed by atoms with van der Waals surface area (Å²) >= 11 is 1.73. The molecule has 86 valence electrons. The molecule has 5 heteroatoms. The lowest BCUT2D eigenvalue weighted by Crippen LogP contribution is -1.98. The van der Waals surface area contributed by atoms with Crippen LogP contribution in [0.2, 0.25) is 0 Å². The molecule has 0 amide bonds. The van der Waals surface area contributed by atoms with E-state index in [-0.39, 0.29) is 0 Å². The molecule has 0 atom stereocenters. The summed E-state index contributed by atoms with van der Waals surface area (Å²) < 4.78 is 1.98. The third kappa shape index (κ3) is 1.78. The van der Waals surface area contributed by atoms with Gasteiger partial charge in [0.05, 0.1) is 0 Å². The number of nitrogens with two attached hydrogens (primary N) is 1. The van der Waals surface area contributed by atoms with Crippen LogP contribution in [-0.4, -0.2) is 14.6 Å². The van der Waals surface area contributed by atoms with E-state index < -0.39 is 0 Å². The predicted molar refractivity (Wildman–Crippen MR) is 69.3 cm³/mol. The average Bonchev–Trinajstić information content (AvgIpc) is 2.89. The summed E-state index contributed by atoms with van der Waals surface area (Å²) in [4.78, 5) is 1.28. The molecule has 17 heavy (non-hydrogen) atoms. The van der Waals surface area contributed by atoms with Crippen LogP contribution >= 0.6 is 11.3 Å². The van der Waals surface area contributed by atoms with Crippen LogP contribution in [0.5, 0.6) is 0 Å². The van der Waals surface area contributed by atoms with Gasteiger partial charge in [0.25, 0.3) is 0 Å². The number of anilines is 1. The minimum absolute atomic E-state index is 0.738. The Labute approximate surface area is 103 Å². The van der Waals surface area contributed by atoms with Gasteiger partial charge in [-0.2, -0.15) is 0 Å². The van der Waals surface area contributed by atoms with Gasteiger partial charge >= 0.3 is 0 Å². The average molecular weight is 244 g/mol.